The standard InChI is InChI=1S/C33H26BrNO/c1-33(2,36)29-21-24(34)17-19-26(29)23-16-18-28-31(20-23)35(25-12-7-4-8-13-25)30-15-9-14-27(32(28)30)22-10-5-3-6-11-22/h3-21,36H,1-2H3. The molecule has 0 fully saturated rings. The molecule has 176 valence electrons. The molecule has 1 aromatic heterocycles. The highest BCUT2D eigenvalue weighted by Gasteiger charge is 2.22. The fourth-order valence-electron chi connectivity index (χ4n) is 5.22. The van der Waals surface area contributed by atoms with E-state index in [0.717, 1.165) is 32.4 Å². The van der Waals surface area contributed by atoms with Crippen LogP contribution in [-0.2, 0) is 5.60 Å². The summed E-state index contributed by atoms with van der Waals surface area (Å²) < 4.78 is 3.30. The largest absolute Gasteiger partial charge is 0.386 e. The van der Waals surface area contributed by atoms with Crippen LogP contribution in [0.3, 0.4) is 0 Å². The molecular formula is C33H26BrNO. The van der Waals surface area contributed by atoms with Crippen molar-refractivity contribution in [2.45, 2.75) is 19.4 Å². The molecule has 0 aliphatic rings. The molecule has 0 atom stereocenters. The molecule has 0 aliphatic heterocycles. The van der Waals surface area contributed by atoms with Gasteiger partial charge in [-0.3, -0.25) is 0 Å². The van der Waals surface area contributed by atoms with Crippen LogP contribution >= 0.6 is 15.9 Å². The van der Waals surface area contributed by atoms with Crippen LogP contribution in [0.2, 0.25) is 0 Å². The third-order valence-electron chi connectivity index (χ3n) is 6.84. The molecule has 1 heterocycles. The second kappa shape index (κ2) is 8.77. The quantitative estimate of drug-likeness (QED) is 0.241. The van der Waals surface area contributed by atoms with E-state index in [1.54, 1.807) is 0 Å². The molecule has 0 unspecified atom stereocenters. The molecule has 5 aromatic carbocycles. The molecule has 0 aliphatic carbocycles. The summed E-state index contributed by atoms with van der Waals surface area (Å²) in [5.41, 5.74) is 7.89. The lowest BCUT2D eigenvalue weighted by molar-refractivity contribution is 0.0791. The number of benzene rings is 5. The molecule has 3 heteroatoms. The molecular weight excluding hydrogens is 506 g/mol. The Kier molecular flexibility index (Phi) is 5.55. The zero-order valence-electron chi connectivity index (χ0n) is 20.2. The molecule has 0 amide bonds. The van der Waals surface area contributed by atoms with Crippen LogP contribution in [0.1, 0.15) is 19.4 Å². The van der Waals surface area contributed by atoms with Gasteiger partial charge < -0.3 is 9.67 Å². The molecule has 1 N–H and O–H groups in total. The van der Waals surface area contributed by atoms with Gasteiger partial charge >= 0.3 is 0 Å². The van der Waals surface area contributed by atoms with Gasteiger partial charge in [0.05, 0.1) is 16.6 Å². The van der Waals surface area contributed by atoms with Gasteiger partial charge in [0.25, 0.3) is 0 Å². The molecule has 0 saturated carbocycles. The average Bonchev–Trinajstić information content (AvgIpc) is 3.23. The molecule has 36 heavy (non-hydrogen) atoms. The van der Waals surface area contributed by atoms with Crippen LogP contribution in [0.25, 0.3) is 49.7 Å². The number of halogens is 1. The molecule has 0 radical (unpaired) electrons. The monoisotopic (exact) mass is 531 g/mol. The minimum atomic E-state index is -0.972. The predicted octanol–water partition coefficient (Wildman–Crippen LogP) is 9.11. The van der Waals surface area contributed by atoms with Gasteiger partial charge in [-0.05, 0) is 78.1 Å². The number of hydrogen-bond acceptors (Lipinski definition) is 1. The lowest BCUT2D eigenvalue weighted by atomic mass is 9.89. The van der Waals surface area contributed by atoms with Crippen LogP contribution < -0.4 is 0 Å². The van der Waals surface area contributed by atoms with Crippen molar-refractivity contribution in [2.75, 3.05) is 0 Å². The van der Waals surface area contributed by atoms with Gasteiger partial charge in [-0.15, -0.1) is 0 Å². The van der Waals surface area contributed by atoms with Crippen molar-refractivity contribution in [1.29, 1.82) is 0 Å². The van der Waals surface area contributed by atoms with Gasteiger partial charge in [0.2, 0.25) is 0 Å². The lowest BCUT2D eigenvalue weighted by Crippen LogP contribution is -2.16. The Labute approximate surface area is 219 Å². The first-order chi connectivity index (χ1) is 17.4. The first-order valence-corrected chi connectivity index (χ1v) is 12.9. The van der Waals surface area contributed by atoms with Gasteiger partial charge in [0.15, 0.2) is 0 Å². The van der Waals surface area contributed by atoms with Gasteiger partial charge in [-0.2, -0.15) is 0 Å². The van der Waals surface area contributed by atoms with E-state index in [0.29, 0.717) is 0 Å². The van der Waals surface area contributed by atoms with Crippen molar-refractivity contribution in [2.24, 2.45) is 0 Å². The third-order valence-corrected chi connectivity index (χ3v) is 7.34. The summed E-state index contributed by atoms with van der Waals surface area (Å²) in [5.74, 6) is 0. The summed E-state index contributed by atoms with van der Waals surface area (Å²) in [6.07, 6.45) is 0. The maximum atomic E-state index is 11.0. The second-order valence-corrected chi connectivity index (χ2v) is 10.6. The zero-order valence-corrected chi connectivity index (χ0v) is 21.8. The Hall–Kier alpha value is -3.66. The summed E-state index contributed by atoms with van der Waals surface area (Å²) in [4.78, 5) is 0. The highest BCUT2D eigenvalue weighted by molar-refractivity contribution is 9.10. The number of nitrogens with zero attached hydrogens (tertiary/aromatic N) is 1. The van der Waals surface area contributed by atoms with E-state index >= 15 is 0 Å². The van der Waals surface area contributed by atoms with Crippen LogP contribution in [-0.4, -0.2) is 9.67 Å². The summed E-state index contributed by atoms with van der Waals surface area (Å²) >= 11 is 3.58. The van der Waals surface area contributed by atoms with Crippen molar-refractivity contribution in [3.63, 3.8) is 0 Å². The summed E-state index contributed by atoms with van der Waals surface area (Å²) in [6.45, 7) is 3.67. The van der Waals surface area contributed by atoms with E-state index in [9.17, 15) is 5.11 Å². The van der Waals surface area contributed by atoms with Crippen LogP contribution in [0.4, 0.5) is 0 Å². The van der Waals surface area contributed by atoms with Crippen LogP contribution in [0.5, 0.6) is 0 Å². The summed E-state index contributed by atoms with van der Waals surface area (Å²) in [5, 5.41) is 13.4. The molecule has 0 saturated heterocycles. The molecule has 6 aromatic rings. The van der Waals surface area contributed by atoms with Gasteiger partial charge in [-0.1, -0.05) is 94.8 Å². The van der Waals surface area contributed by atoms with E-state index in [-0.39, 0.29) is 0 Å². The maximum absolute atomic E-state index is 11.0. The number of aromatic nitrogens is 1. The first kappa shape index (κ1) is 22.8. The number of para-hydroxylation sites is 1. The van der Waals surface area contributed by atoms with Gasteiger partial charge in [0, 0.05) is 20.9 Å². The Morgan fingerprint density at radius 1 is 0.639 bits per heavy atom. The van der Waals surface area contributed by atoms with E-state index < -0.39 is 5.60 Å². The SMILES string of the molecule is CC(C)(O)c1cc(Br)ccc1-c1ccc2c3c(-c4ccccc4)cccc3n(-c3ccccc3)c2c1. The highest BCUT2D eigenvalue weighted by atomic mass is 79.9. The second-order valence-electron chi connectivity index (χ2n) is 9.72. The molecule has 0 bridgehead atoms. The lowest BCUT2D eigenvalue weighted by Gasteiger charge is -2.22. The zero-order chi connectivity index (χ0) is 24.9. The minimum absolute atomic E-state index is 0.892. The Morgan fingerprint density at radius 3 is 2.08 bits per heavy atom. The fourth-order valence-corrected chi connectivity index (χ4v) is 5.58. The molecule has 0 spiro atoms. The summed E-state index contributed by atoms with van der Waals surface area (Å²) in [7, 11) is 0. The average molecular weight is 532 g/mol. The van der Waals surface area contributed by atoms with Crippen molar-refractivity contribution >= 4 is 37.7 Å². The van der Waals surface area contributed by atoms with Crippen LogP contribution in [0.15, 0.2) is 120 Å². The van der Waals surface area contributed by atoms with E-state index in [1.165, 1.54) is 27.4 Å². The Balaban J connectivity index is 1.71. The molecule has 6 rings (SSSR count). The number of fused-ring (bicyclic) bond motifs is 3. The van der Waals surface area contributed by atoms with E-state index in [2.05, 4.69) is 124 Å². The van der Waals surface area contributed by atoms with Crippen molar-refractivity contribution < 1.29 is 5.11 Å². The third kappa shape index (κ3) is 3.85. The Morgan fingerprint density at radius 2 is 1.36 bits per heavy atom. The van der Waals surface area contributed by atoms with Crippen LogP contribution in [0, 0.1) is 0 Å². The number of rotatable bonds is 4. The predicted molar refractivity (Wildman–Crippen MR) is 155 cm³/mol. The fraction of sp³-hybridized carbons (Fsp3) is 0.0909. The summed E-state index contributed by atoms with van der Waals surface area (Å²) in [6, 6.07) is 40.5. The number of hydrogen-bond donors (Lipinski definition) is 1. The minimum Gasteiger partial charge on any atom is -0.386 e. The van der Waals surface area contributed by atoms with Crippen molar-refractivity contribution in [3.05, 3.63) is 125 Å². The normalized spacial score (nSPS) is 11.9. The van der Waals surface area contributed by atoms with Crippen molar-refractivity contribution in [3.8, 4) is 27.9 Å². The first-order valence-electron chi connectivity index (χ1n) is 12.1. The Bertz CT molecular complexity index is 1710. The van der Waals surface area contributed by atoms with E-state index in [1.807, 2.05) is 26.0 Å². The maximum Gasteiger partial charge on any atom is 0.0846 e. The van der Waals surface area contributed by atoms with Crippen molar-refractivity contribution in [1.82, 2.24) is 4.57 Å². The smallest absolute Gasteiger partial charge is 0.0846 e. The van der Waals surface area contributed by atoms with Gasteiger partial charge in [-0.25, -0.2) is 0 Å². The topological polar surface area (TPSA) is 25.2 Å². The molecule has 2 nitrogen and oxygen atoms in total. The highest BCUT2D eigenvalue weighted by Crippen LogP contribution is 2.41. The van der Waals surface area contributed by atoms with Gasteiger partial charge in [0.1, 0.15) is 0 Å². The van der Waals surface area contributed by atoms with E-state index in [4.69, 9.17) is 0 Å². The number of aliphatic hydroxyl groups is 1.